The molecule has 0 saturated heterocycles. The lowest BCUT2D eigenvalue weighted by Gasteiger charge is -2.07. The van der Waals surface area contributed by atoms with Gasteiger partial charge in [0.05, 0.1) is 0 Å². The Morgan fingerprint density at radius 1 is 1.43 bits per heavy atom. The number of aromatic nitrogens is 2. The fourth-order valence-electron chi connectivity index (χ4n) is 1.44. The zero-order valence-corrected chi connectivity index (χ0v) is 8.14. The Balaban J connectivity index is 2.78. The molecule has 0 atom stereocenters. The minimum absolute atomic E-state index is 0.589. The summed E-state index contributed by atoms with van der Waals surface area (Å²) in [6, 6.07) is 5.65. The van der Waals surface area contributed by atoms with Crippen LogP contribution in [0.4, 0.5) is 5.82 Å². The minimum atomic E-state index is 0.589. The van der Waals surface area contributed by atoms with Crippen LogP contribution in [0.1, 0.15) is 10.5 Å². The highest BCUT2D eigenvalue weighted by Crippen LogP contribution is 2.17. The van der Waals surface area contributed by atoms with Crippen LogP contribution >= 0.6 is 0 Å². The van der Waals surface area contributed by atoms with Gasteiger partial charge >= 0.3 is 0 Å². The molecule has 2 aromatic rings. The molecule has 0 radical (unpaired) electrons. The van der Waals surface area contributed by atoms with Gasteiger partial charge in [-0.25, -0.2) is 4.98 Å². The maximum absolute atomic E-state index is 10.9. The van der Waals surface area contributed by atoms with Crippen molar-refractivity contribution in [3.63, 3.8) is 0 Å². The third-order valence-corrected chi connectivity index (χ3v) is 2.08. The summed E-state index contributed by atoms with van der Waals surface area (Å²) in [6.45, 7) is 0. The van der Waals surface area contributed by atoms with Gasteiger partial charge in [0.1, 0.15) is 11.3 Å². The van der Waals surface area contributed by atoms with Gasteiger partial charge in [-0.15, -0.1) is 0 Å². The quantitative estimate of drug-likeness (QED) is 0.666. The number of hydrogen-bond acceptors (Lipinski definition) is 3. The van der Waals surface area contributed by atoms with Crippen LogP contribution < -0.4 is 4.90 Å². The standard InChI is InChI=1S/C10H11N3O/c1-12(2)10-8(7-14)13-6-4-3-5-9(13)11-10/h3-7H,1-2H3. The van der Waals surface area contributed by atoms with Gasteiger partial charge in [0, 0.05) is 20.3 Å². The summed E-state index contributed by atoms with van der Waals surface area (Å²) >= 11 is 0. The van der Waals surface area contributed by atoms with Crippen LogP contribution in [0.15, 0.2) is 24.4 Å². The Morgan fingerprint density at radius 2 is 2.21 bits per heavy atom. The maximum Gasteiger partial charge on any atom is 0.170 e. The second-order valence-corrected chi connectivity index (χ2v) is 3.26. The van der Waals surface area contributed by atoms with E-state index in [0.717, 1.165) is 11.9 Å². The van der Waals surface area contributed by atoms with E-state index in [1.54, 1.807) is 4.40 Å². The highest BCUT2D eigenvalue weighted by atomic mass is 16.1. The maximum atomic E-state index is 10.9. The van der Waals surface area contributed by atoms with Gasteiger partial charge in [0.2, 0.25) is 0 Å². The van der Waals surface area contributed by atoms with Crippen molar-refractivity contribution in [3.05, 3.63) is 30.1 Å². The Kier molecular flexibility index (Phi) is 1.96. The molecule has 0 unspecified atom stereocenters. The Hall–Kier alpha value is -1.84. The Bertz CT molecular complexity index is 473. The molecule has 0 saturated carbocycles. The number of rotatable bonds is 2. The number of nitrogens with zero attached hydrogens (tertiary/aromatic N) is 3. The SMILES string of the molecule is CN(C)c1nc2ccccn2c1C=O. The smallest absolute Gasteiger partial charge is 0.170 e. The molecular weight excluding hydrogens is 178 g/mol. The number of hydrogen-bond donors (Lipinski definition) is 0. The third kappa shape index (κ3) is 1.16. The van der Waals surface area contributed by atoms with Gasteiger partial charge in [0.15, 0.2) is 12.1 Å². The molecule has 0 aliphatic carbocycles. The van der Waals surface area contributed by atoms with E-state index in [0.29, 0.717) is 11.5 Å². The Labute approximate surface area is 81.8 Å². The summed E-state index contributed by atoms with van der Waals surface area (Å²) in [4.78, 5) is 17.1. The van der Waals surface area contributed by atoms with Crippen LogP contribution in [0.5, 0.6) is 0 Å². The first-order valence-corrected chi connectivity index (χ1v) is 4.33. The second kappa shape index (κ2) is 3.14. The molecule has 0 bridgehead atoms. The number of carbonyl (C=O) groups is 1. The van der Waals surface area contributed by atoms with E-state index in [-0.39, 0.29) is 0 Å². The predicted molar refractivity (Wildman–Crippen MR) is 54.9 cm³/mol. The van der Waals surface area contributed by atoms with Crippen LogP contribution in [0, 0.1) is 0 Å². The molecule has 0 aromatic carbocycles. The fourth-order valence-corrected chi connectivity index (χ4v) is 1.44. The zero-order valence-electron chi connectivity index (χ0n) is 8.14. The lowest BCUT2D eigenvalue weighted by atomic mass is 10.4. The van der Waals surface area contributed by atoms with Crippen molar-refractivity contribution in [1.82, 2.24) is 9.38 Å². The summed E-state index contributed by atoms with van der Waals surface area (Å²) in [5.41, 5.74) is 1.38. The third-order valence-electron chi connectivity index (χ3n) is 2.08. The van der Waals surface area contributed by atoms with E-state index in [4.69, 9.17) is 0 Å². The van der Waals surface area contributed by atoms with Crippen LogP contribution in [0.3, 0.4) is 0 Å². The van der Waals surface area contributed by atoms with Crippen LogP contribution in [-0.4, -0.2) is 29.8 Å². The molecule has 0 spiro atoms. The molecule has 2 rings (SSSR count). The van der Waals surface area contributed by atoms with Crippen molar-refractivity contribution in [3.8, 4) is 0 Å². The molecule has 2 aromatic heterocycles. The molecule has 72 valence electrons. The number of carbonyl (C=O) groups excluding carboxylic acids is 1. The largest absolute Gasteiger partial charge is 0.361 e. The van der Waals surface area contributed by atoms with E-state index in [9.17, 15) is 4.79 Å². The predicted octanol–water partition coefficient (Wildman–Crippen LogP) is 1.21. The number of fused-ring (bicyclic) bond motifs is 1. The van der Waals surface area contributed by atoms with Crippen molar-refractivity contribution in [2.45, 2.75) is 0 Å². The van der Waals surface area contributed by atoms with E-state index >= 15 is 0 Å². The summed E-state index contributed by atoms with van der Waals surface area (Å²) in [5.74, 6) is 0.700. The van der Waals surface area contributed by atoms with Crippen LogP contribution in [-0.2, 0) is 0 Å². The molecule has 0 N–H and O–H groups in total. The average molecular weight is 189 g/mol. The molecular formula is C10H11N3O. The first kappa shape index (κ1) is 8.74. The van der Waals surface area contributed by atoms with Gasteiger partial charge in [-0.1, -0.05) is 6.07 Å². The van der Waals surface area contributed by atoms with Crippen LogP contribution in [0.2, 0.25) is 0 Å². The molecule has 0 fully saturated rings. The zero-order chi connectivity index (χ0) is 10.1. The van der Waals surface area contributed by atoms with E-state index in [1.807, 2.05) is 43.4 Å². The molecule has 4 nitrogen and oxygen atoms in total. The van der Waals surface area contributed by atoms with Crippen molar-refractivity contribution in [1.29, 1.82) is 0 Å². The topological polar surface area (TPSA) is 37.6 Å². The molecule has 0 aliphatic rings. The normalized spacial score (nSPS) is 10.4. The number of anilines is 1. The van der Waals surface area contributed by atoms with Crippen molar-refractivity contribution >= 4 is 17.8 Å². The summed E-state index contributed by atoms with van der Waals surface area (Å²) < 4.78 is 1.78. The van der Waals surface area contributed by atoms with Gasteiger partial charge in [-0.2, -0.15) is 0 Å². The number of aldehydes is 1. The van der Waals surface area contributed by atoms with Crippen molar-refractivity contribution in [2.24, 2.45) is 0 Å². The average Bonchev–Trinajstić information content (AvgIpc) is 2.56. The summed E-state index contributed by atoms with van der Waals surface area (Å²) in [5, 5.41) is 0. The molecule has 0 amide bonds. The monoisotopic (exact) mass is 189 g/mol. The Morgan fingerprint density at radius 3 is 2.86 bits per heavy atom. The van der Waals surface area contributed by atoms with Gasteiger partial charge in [-0.05, 0) is 12.1 Å². The summed E-state index contributed by atoms with van der Waals surface area (Å²) in [6.07, 6.45) is 2.66. The van der Waals surface area contributed by atoms with Gasteiger partial charge < -0.3 is 4.90 Å². The fraction of sp³-hybridized carbons (Fsp3) is 0.200. The second-order valence-electron chi connectivity index (χ2n) is 3.26. The highest BCUT2D eigenvalue weighted by molar-refractivity contribution is 5.83. The van der Waals surface area contributed by atoms with Crippen LogP contribution in [0.25, 0.3) is 5.65 Å². The molecule has 4 heteroatoms. The molecule has 14 heavy (non-hydrogen) atoms. The molecule has 2 heterocycles. The number of pyridine rings is 1. The van der Waals surface area contributed by atoms with E-state index in [1.165, 1.54) is 0 Å². The minimum Gasteiger partial charge on any atom is -0.361 e. The first-order valence-electron chi connectivity index (χ1n) is 4.33. The van der Waals surface area contributed by atoms with E-state index < -0.39 is 0 Å². The summed E-state index contributed by atoms with van der Waals surface area (Å²) in [7, 11) is 3.74. The van der Waals surface area contributed by atoms with Crippen molar-refractivity contribution < 1.29 is 4.79 Å². The van der Waals surface area contributed by atoms with E-state index in [2.05, 4.69) is 4.98 Å². The lowest BCUT2D eigenvalue weighted by Crippen LogP contribution is -2.11. The van der Waals surface area contributed by atoms with Crippen molar-refractivity contribution in [2.75, 3.05) is 19.0 Å². The van der Waals surface area contributed by atoms with Gasteiger partial charge in [0.25, 0.3) is 0 Å². The highest BCUT2D eigenvalue weighted by Gasteiger charge is 2.11. The first-order chi connectivity index (χ1) is 6.74. The molecule has 0 aliphatic heterocycles. The van der Waals surface area contributed by atoms with Gasteiger partial charge in [-0.3, -0.25) is 9.20 Å². The lowest BCUT2D eigenvalue weighted by molar-refractivity contribution is 0.111. The number of imidazole rings is 1.